The van der Waals surface area contributed by atoms with E-state index in [-0.39, 0.29) is 36.6 Å². The first kappa shape index (κ1) is 22.8. The summed E-state index contributed by atoms with van der Waals surface area (Å²) in [7, 11) is 0. The molecule has 0 N–H and O–H groups in total. The lowest BCUT2D eigenvalue weighted by Gasteiger charge is -2.34. The Morgan fingerprint density at radius 2 is 1.58 bits per heavy atom. The van der Waals surface area contributed by atoms with Crippen LogP contribution in [0, 0.1) is 5.82 Å². The molecule has 2 atom stereocenters. The van der Waals surface area contributed by atoms with Gasteiger partial charge in [-0.25, -0.2) is 9.18 Å². The first-order valence-electron chi connectivity index (χ1n) is 12.0. The van der Waals surface area contributed by atoms with Crippen molar-refractivity contribution in [3.63, 3.8) is 0 Å². The lowest BCUT2D eigenvalue weighted by atomic mass is 9.91. The summed E-state index contributed by atoms with van der Waals surface area (Å²) < 4.78 is 60.4. The highest BCUT2D eigenvalue weighted by molar-refractivity contribution is 5.79. The van der Waals surface area contributed by atoms with Gasteiger partial charge >= 0.3 is 12.3 Å². The van der Waals surface area contributed by atoms with Crippen molar-refractivity contribution in [1.29, 1.82) is 0 Å². The van der Waals surface area contributed by atoms with Crippen molar-refractivity contribution in [2.75, 3.05) is 6.61 Å². The number of carbonyl (C=O) groups is 1. The van der Waals surface area contributed by atoms with Gasteiger partial charge in [0.25, 0.3) is 0 Å². The zero-order valence-electron chi connectivity index (χ0n) is 19.3. The molecule has 0 aromatic heterocycles. The molecular weight excluding hydrogens is 470 g/mol. The molecule has 2 unspecified atom stereocenters. The lowest BCUT2D eigenvalue weighted by molar-refractivity contribution is -0.137. The van der Waals surface area contributed by atoms with Crippen LogP contribution in [0.2, 0.25) is 0 Å². The van der Waals surface area contributed by atoms with E-state index in [0.717, 1.165) is 40.5 Å². The fraction of sp³-hybridized carbons (Fsp3) is 0.276. The molecule has 3 aromatic carbocycles. The maximum atomic E-state index is 13.9. The Bertz CT molecular complexity index is 1330. The number of benzene rings is 3. The number of alkyl halides is 3. The van der Waals surface area contributed by atoms with Gasteiger partial charge in [0.15, 0.2) is 0 Å². The number of ether oxygens (including phenoxy) is 1. The van der Waals surface area contributed by atoms with Gasteiger partial charge in [0.2, 0.25) is 0 Å². The van der Waals surface area contributed by atoms with Crippen molar-refractivity contribution in [3.05, 3.63) is 101 Å². The molecule has 0 saturated carbocycles. The zero-order valence-corrected chi connectivity index (χ0v) is 19.3. The molecule has 2 aliphatic heterocycles. The molecule has 2 heterocycles. The second-order valence-electron chi connectivity index (χ2n) is 9.59. The van der Waals surface area contributed by atoms with Crippen LogP contribution in [0.1, 0.15) is 47.4 Å². The molecule has 2 bridgehead atoms. The predicted molar refractivity (Wildman–Crippen MR) is 128 cm³/mol. The number of nitrogens with zero attached hydrogens (tertiary/aromatic N) is 1. The Labute approximate surface area is 206 Å². The third-order valence-corrected chi connectivity index (χ3v) is 7.58. The minimum atomic E-state index is -4.59. The molecule has 3 nitrogen and oxygen atoms in total. The Morgan fingerprint density at radius 3 is 2.22 bits per heavy atom. The van der Waals surface area contributed by atoms with Crippen molar-refractivity contribution in [3.8, 4) is 11.1 Å². The predicted octanol–water partition coefficient (Wildman–Crippen LogP) is 7.41. The second kappa shape index (κ2) is 8.50. The molecule has 3 aliphatic rings. The molecule has 7 heteroatoms. The molecule has 0 spiro atoms. The van der Waals surface area contributed by atoms with Crippen molar-refractivity contribution in [2.45, 2.75) is 43.4 Å². The number of amides is 1. The van der Waals surface area contributed by atoms with Crippen molar-refractivity contribution in [1.82, 2.24) is 4.90 Å². The number of fused-ring (bicyclic) bond motifs is 5. The first-order chi connectivity index (χ1) is 17.3. The monoisotopic (exact) mass is 493 g/mol. The summed E-state index contributed by atoms with van der Waals surface area (Å²) in [6.07, 6.45) is -1.86. The van der Waals surface area contributed by atoms with Crippen LogP contribution in [-0.4, -0.2) is 29.7 Å². The summed E-state index contributed by atoms with van der Waals surface area (Å²) in [4.78, 5) is 14.8. The number of carbonyl (C=O) groups excluding carboxylic acids is 1. The van der Waals surface area contributed by atoms with Crippen LogP contribution in [0.3, 0.4) is 0 Å². The van der Waals surface area contributed by atoms with Gasteiger partial charge in [-0.2, -0.15) is 13.2 Å². The van der Waals surface area contributed by atoms with E-state index in [9.17, 15) is 22.4 Å². The highest BCUT2D eigenvalue weighted by atomic mass is 19.4. The van der Waals surface area contributed by atoms with E-state index in [2.05, 4.69) is 12.1 Å². The van der Waals surface area contributed by atoms with E-state index in [1.807, 2.05) is 36.4 Å². The molecule has 1 amide bonds. The molecule has 6 rings (SSSR count). The van der Waals surface area contributed by atoms with Gasteiger partial charge in [0, 0.05) is 12.0 Å². The van der Waals surface area contributed by atoms with Crippen molar-refractivity contribution >= 4 is 11.7 Å². The number of rotatable bonds is 3. The summed E-state index contributed by atoms with van der Waals surface area (Å²) in [5.74, 6) is -0.790. The zero-order chi connectivity index (χ0) is 25.0. The minimum Gasteiger partial charge on any atom is -0.448 e. The maximum absolute atomic E-state index is 13.9. The van der Waals surface area contributed by atoms with E-state index >= 15 is 0 Å². The van der Waals surface area contributed by atoms with Gasteiger partial charge in [-0.05, 0) is 70.9 Å². The Morgan fingerprint density at radius 1 is 0.917 bits per heavy atom. The third kappa shape index (κ3) is 3.77. The van der Waals surface area contributed by atoms with Crippen LogP contribution in [0.25, 0.3) is 16.7 Å². The van der Waals surface area contributed by atoms with Crippen molar-refractivity contribution < 1.29 is 27.1 Å². The van der Waals surface area contributed by atoms with E-state index in [0.29, 0.717) is 18.4 Å². The molecule has 1 aliphatic carbocycles. The number of hydrogen-bond donors (Lipinski definition) is 0. The van der Waals surface area contributed by atoms with Crippen LogP contribution in [0.15, 0.2) is 72.8 Å². The van der Waals surface area contributed by atoms with Crippen LogP contribution in [-0.2, 0) is 10.9 Å². The second-order valence-corrected chi connectivity index (χ2v) is 9.59. The molecule has 3 aromatic rings. The summed E-state index contributed by atoms with van der Waals surface area (Å²) in [5.41, 5.74) is 3.92. The quantitative estimate of drug-likeness (QED) is 0.356. The van der Waals surface area contributed by atoms with Gasteiger partial charge in [-0.1, -0.05) is 54.6 Å². The van der Waals surface area contributed by atoms with Gasteiger partial charge < -0.3 is 4.74 Å². The van der Waals surface area contributed by atoms with Crippen LogP contribution >= 0.6 is 0 Å². The number of halogens is 4. The van der Waals surface area contributed by atoms with Crippen molar-refractivity contribution in [2.24, 2.45) is 0 Å². The standard InChI is InChI=1S/C29H23F4NO2/c30-18-9-12-27(29(31,32)33)25(15-18)17-13-19-10-11-20(14-17)34(19)28(35)36-16-26-23-7-3-1-5-21(23)22-6-2-4-8-24(22)26/h1-9,12-13,15,19-20,26H,10-11,14,16H2. The highest BCUT2D eigenvalue weighted by Gasteiger charge is 2.43. The van der Waals surface area contributed by atoms with Gasteiger partial charge in [0.05, 0.1) is 11.6 Å². The lowest BCUT2D eigenvalue weighted by Crippen LogP contribution is -2.43. The van der Waals surface area contributed by atoms with E-state index in [1.165, 1.54) is 0 Å². The van der Waals surface area contributed by atoms with Crippen LogP contribution in [0.5, 0.6) is 0 Å². The fourth-order valence-corrected chi connectivity index (χ4v) is 6.01. The summed E-state index contributed by atoms with van der Waals surface area (Å²) in [6, 6.07) is 18.0. The molecule has 36 heavy (non-hydrogen) atoms. The van der Waals surface area contributed by atoms with E-state index < -0.39 is 23.7 Å². The Balaban J connectivity index is 1.23. The van der Waals surface area contributed by atoms with Crippen LogP contribution in [0.4, 0.5) is 22.4 Å². The maximum Gasteiger partial charge on any atom is 0.416 e. The van der Waals surface area contributed by atoms with Gasteiger partial charge in [-0.3, -0.25) is 4.90 Å². The average Bonchev–Trinajstić information content (AvgIpc) is 3.32. The summed E-state index contributed by atoms with van der Waals surface area (Å²) in [6.45, 7) is 0.182. The molecule has 0 radical (unpaired) electrons. The van der Waals surface area contributed by atoms with E-state index in [1.54, 1.807) is 11.0 Å². The van der Waals surface area contributed by atoms with Gasteiger partial charge in [0.1, 0.15) is 12.4 Å². The van der Waals surface area contributed by atoms with Gasteiger partial charge in [-0.15, -0.1) is 0 Å². The average molecular weight is 494 g/mol. The smallest absolute Gasteiger partial charge is 0.416 e. The topological polar surface area (TPSA) is 29.5 Å². The highest BCUT2D eigenvalue weighted by Crippen LogP contribution is 2.46. The SMILES string of the molecule is O=C(OCC1c2ccccc2-c2ccccc21)N1C2C=C(c3cc(F)ccc3C(F)(F)F)CC1CC2. The third-order valence-electron chi connectivity index (χ3n) is 7.58. The largest absolute Gasteiger partial charge is 0.448 e. The molecule has 1 fully saturated rings. The Hall–Kier alpha value is -3.61. The van der Waals surface area contributed by atoms with Crippen LogP contribution < -0.4 is 0 Å². The normalized spacial score (nSPS) is 20.7. The van der Waals surface area contributed by atoms with E-state index in [4.69, 9.17) is 4.74 Å². The Kier molecular flexibility index (Phi) is 5.39. The molecular formula is C29H23F4NO2. The number of hydrogen-bond acceptors (Lipinski definition) is 2. The minimum absolute atomic E-state index is 0.0727. The fourth-order valence-electron chi connectivity index (χ4n) is 6.01. The first-order valence-corrected chi connectivity index (χ1v) is 12.0. The molecule has 184 valence electrons. The summed E-state index contributed by atoms with van der Waals surface area (Å²) >= 11 is 0. The molecule has 1 saturated heterocycles. The summed E-state index contributed by atoms with van der Waals surface area (Å²) in [5, 5.41) is 0.